The molecule has 480 valence electrons. The van der Waals surface area contributed by atoms with Crippen molar-refractivity contribution in [2.45, 2.75) is 122 Å². The lowest BCUT2D eigenvalue weighted by atomic mass is 10.00. The molecule has 6 aromatic heterocycles. The van der Waals surface area contributed by atoms with Gasteiger partial charge in [-0.25, -0.2) is 29.9 Å². The zero-order chi connectivity index (χ0) is 67.7. The number of aromatic nitrogens is 6. The molecule has 96 heavy (non-hydrogen) atoms. The van der Waals surface area contributed by atoms with Crippen LogP contribution in [0.1, 0.15) is 125 Å². The van der Waals surface area contributed by atoms with Gasteiger partial charge in [0, 0.05) is 85.4 Å². The van der Waals surface area contributed by atoms with Gasteiger partial charge in [-0.1, -0.05) is 107 Å². The van der Waals surface area contributed by atoms with Crippen molar-refractivity contribution in [2.24, 2.45) is 15.0 Å². The molecule has 3 aliphatic carbocycles. The van der Waals surface area contributed by atoms with Crippen molar-refractivity contribution >= 4 is 153 Å². The van der Waals surface area contributed by atoms with Gasteiger partial charge in [0.2, 0.25) is 0 Å². The molecule has 3 aliphatic heterocycles. The van der Waals surface area contributed by atoms with E-state index in [1.807, 2.05) is 51.1 Å². The molecule has 6 aliphatic rings. The van der Waals surface area contributed by atoms with E-state index in [4.69, 9.17) is 34.4 Å². The van der Waals surface area contributed by atoms with Crippen LogP contribution >= 0.6 is 0 Å². The molecule has 12 aromatic rings. The van der Waals surface area contributed by atoms with Crippen LogP contribution in [0.3, 0.4) is 0 Å². The van der Waals surface area contributed by atoms with Crippen LogP contribution in [0.5, 0.6) is 0 Å². The normalized spacial score (nSPS) is 14.0. The molecule has 0 atom stereocenters. The third-order valence-electron chi connectivity index (χ3n) is 18.6. The SMILES string of the molecule is CC1=Cc2c(N)nc3cc(C)ccc3c2C1.CC1=Cc2c(N)nc3ccc(C)cc3c2C1.CC1=Cc2c(N)nc3cccc(C)c3c2C1.CC1=Nc2c(N)nc3cc(C)ccc3c2C1.CC1=Nc2c(N)nc3ccc(C)cc3c2C1.CC1=Nc2c(N)nc3cccc(C)c3c2C1. The molecule has 0 bridgehead atoms. The fraction of sp³-hybridized carbons (Fsp3) is 0.222. The number of benzene rings is 6. The summed E-state index contributed by atoms with van der Waals surface area (Å²) in [6, 6.07) is 37.6. The van der Waals surface area contributed by atoms with E-state index in [1.54, 1.807) is 0 Å². The number of aliphatic imine (C=N–C) groups is 3. The van der Waals surface area contributed by atoms with E-state index in [-0.39, 0.29) is 0 Å². The van der Waals surface area contributed by atoms with Crippen molar-refractivity contribution in [3.8, 4) is 0 Å². The molecule has 0 radical (unpaired) electrons. The summed E-state index contributed by atoms with van der Waals surface area (Å²) < 4.78 is 0. The summed E-state index contributed by atoms with van der Waals surface area (Å²) in [4.78, 5) is 40.0. The molecule has 0 spiro atoms. The highest BCUT2D eigenvalue weighted by atomic mass is 14.9. The summed E-state index contributed by atoms with van der Waals surface area (Å²) in [6.07, 6.45) is 12.1. The molecule has 12 N–H and O–H groups in total. The summed E-state index contributed by atoms with van der Waals surface area (Å²) in [6.45, 7) is 25.1. The highest BCUT2D eigenvalue weighted by Gasteiger charge is 2.24. The van der Waals surface area contributed by atoms with Crippen LogP contribution in [-0.4, -0.2) is 47.0 Å². The van der Waals surface area contributed by atoms with E-state index in [0.717, 1.165) is 123 Å². The Hall–Kier alpha value is -11.2. The summed E-state index contributed by atoms with van der Waals surface area (Å²) in [5.74, 6) is 3.61. The average Bonchev–Trinajstić information content (AvgIpc) is 1.95. The molecule has 6 aromatic carbocycles. The Morgan fingerprint density at radius 1 is 0.271 bits per heavy atom. The van der Waals surface area contributed by atoms with Crippen LogP contribution in [0.25, 0.3) is 83.6 Å². The lowest BCUT2D eigenvalue weighted by Crippen LogP contribution is -1.99. The number of nitrogen functional groups attached to an aromatic ring is 6. The Balaban J connectivity index is 0.000000104. The van der Waals surface area contributed by atoms with Gasteiger partial charge in [0.05, 0.1) is 33.1 Å². The molecule has 0 amide bonds. The lowest BCUT2D eigenvalue weighted by Gasteiger charge is -2.09. The van der Waals surface area contributed by atoms with Crippen LogP contribution in [0.2, 0.25) is 0 Å². The van der Waals surface area contributed by atoms with E-state index >= 15 is 0 Å². The standard InChI is InChI=1S/3C14H14N2.3C13H13N3/c1-8-3-4-10-11-5-9(2)6-12(11)14(15)16-13(10)7-8;1-8-3-4-13-11(5-8)10-6-9(2)7-12(10)14(15)16-13;1-8-6-10-11(7-8)14(15)16-12-5-3-4-9(2)13(10)12;1-7-3-4-11-9(5-7)10-6-8(2)15-12(10)13(14)16-11;1-7-3-4-9-10-6-8(2)15-12(10)13(14)16-11(9)5-7;1-7-4-3-5-10-11(7)9-6-8(2)15-12(9)13(14)16-10/h3-4,6-7H,5H2,1-2H3,(H2,15,16);2*3-5,7H,6H2,1-2H3,(H2,15,16);3*3-5H,6H2,1-2H3,(H2,14,16). The summed E-state index contributed by atoms with van der Waals surface area (Å²) in [5.41, 5.74) is 70.2. The first-order valence-electron chi connectivity index (χ1n) is 32.7. The van der Waals surface area contributed by atoms with Crippen molar-refractivity contribution in [1.82, 2.24) is 29.9 Å². The van der Waals surface area contributed by atoms with Gasteiger partial charge in [0.1, 0.15) is 52.0 Å². The second-order valence-corrected chi connectivity index (χ2v) is 26.7. The first-order chi connectivity index (χ1) is 45.9. The van der Waals surface area contributed by atoms with Gasteiger partial charge < -0.3 is 34.4 Å². The van der Waals surface area contributed by atoms with Crippen molar-refractivity contribution < 1.29 is 0 Å². The highest BCUT2D eigenvalue weighted by Crippen LogP contribution is 2.42. The molecule has 15 nitrogen and oxygen atoms in total. The third kappa shape index (κ3) is 12.2. The topological polar surface area (TPSA) is 271 Å². The molecular formula is C81H81N15. The van der Waals surface area contributed by atoms with Crippen molar-refractivity contribution in [2.75, 3.05) is 34.4 Å². The Morgan fingerprint density at radius 2 is 0.594 bits per heavy atom. The van der Waals surface area contributed by atoms with Crippen LogP contribution in [0.4, 0.5) is 52.0 Å². The predicted molar refractivity (Wildman–Crippen MR) is 407 cm³/mol. The Morgan fingerprint density at radius 3 is 1.08 bits per heavy atom. The first kappa shape index (κ1) is 63.6. The minimum Gasteiger partial charge on any atom is -0.383 e. The fourth-order valence-corrected chi connectivity index (χ4v) is 14.2. The quantitative estimate of drug-likeness (QED) is 0.0827. The number of hydrogen-bond donors (Lipinski definition) is 6. The number of nitrogens with zero attached hydrogens (tertiary/aromatic N) is 9. The number of allylic oxidation sites excluding steroid dienone is 3. The average molecular weight is 1260 g/mol. The van der Waals surface area contributed by atoms with Crippen LogP contribution < -0.4 is 34.4 Å². The van der Waals surface area contributed by atoms with Crippen molar-refractivity contribution in [3.05, 3.63) is 209 Å². The number of fused-ring (bicyclic) bond motifs is 18. The van der Waals surface area contributed by atoms with Gasteiger partial charge in [0.15, 0.2) is 0 Å². The maximum absolute atomic E-state index is 5.99. The van der Waals surface area contributed by atoms with Gasteiger partial charge in [0.25, 0.3) is 0 Å². The summed E-state index contributed by atoms with van der Waals surface area (Å²) >= 11 is 0. The first-order valence-corrected chi connectivity index (χ1v) is 32.7. The predicted octanol–water partition coefficient (Wildman–Crippen LogP) is 17.6. The highest BCUT2D eigenvalue weighted by molar-refractivity contribution is 6.05. The minimum atomic E-state index is 0.545. The van der Waals surface area contributed by atoms with Crippen molar-refractivity contribution in [1.29, 1.82) is 0 Å². The molecule has 0 saturated carbocycles. The zero-order valence-corrected chi connectivity index (χ0v) is 56.9. The van der Waals surface area contributed by atoms with Gasteiger partial charge in [-0.3, -0.25) is 15.0 Å². The third-order valence-corrected chi connectivity index (χ3v) is 18.6. The van der Waals surface area contributed by atoms with E-state index in [1.165, 1.54) is 116 Å². The van der Waals surface area contributed by atoms with E-state index in [0.29, 0.717) is 34.9 Å². The lowest BCUT2D eigenvalue weighted by molar-refractivity contribution is 1.20. The fourth-order valence-electron chi connectivity index (χ4n) is 14.2. The molecule has 9 heterocycles. The largest absolute Gasteiger partial charge is 0.383 e. The molecule has 0 unspecified atom stereocenters. The number of hydrogen-bond acceptors (Lipinski definition) is 15. The molecule has 0 fully saturated rings. The van der Waals surface area contributed by atoms with Gasteiger partial charge in [-0.05, 0) is 207 Å². The van der Waals surface area contributed by atoms with Crippen molar-refractivity contribution in [3.63, 3.8) is 0 Å². The number of nitrogens with two attached hydrogens (primary N) is 6. The monoisotopic (exact) mass is 1260 g/mol. The van der Waals surface area contributed by atoms with Crippen LogP contribution in [0, 0.1) is 41.5 Å². The maximum atomic E-state index is 5.99. The Labute approximate surface area is 560 Å². The summed E-state index contributed by atoms with van der Waals surface area (Å²) in [7, 11) is 0. The molecule has 0 saturated heterocycles. The smallest absolute Gasteiger partial charge is 0.150 e. The van der Waals surface area contributed by atoms with E-state index < -0.39 is 0 Å². The number of rotatable bonds is 0. The Kier molecular flexibility index (Phi) is 16.7. The second kappa shape index (κ2) is 25.3. The Bertz CT molecular complexity index is 5150. The van der Waals surface area contributed by atoms with Gasteiger partial charge in [-0.15, -0.1) is 0 Å². The van der Waals surface area contributed by atoms with Crippen LogP contribution in [0.15, 0.2) is 141 Å². The molecule has 18 rings (SSSR count). The number of anilines is 6. The second-order valence-electron chi connectivity index (χ2n) is 26.7. The number of pyridine rings is 6. The van der Waals surface area contributed by atoms with Gasteiger partial charge >= 0.3 is 0 Å². The number of aryl methyl sites for hydroxylation is 6. The summed E-state index contributed by atoms with van der Waals surface area (Å²) in [5, 5.41) is 7.34. The van der Waals surface area contributed by atoms with E-state index in [9.17, 15) is 0 Å². The van der Waals surface area contributed by atoms with Crippen LogP contribution in [-0.2, 0) is 38.5 Å². The van der Waals surface area contributed by atoms with E-state index in [2.05, 4.69) is 204 Å². The van der Waals surface area contributed by atoms with Gasteiger partial charge in [-0.2, -0.15) is 0 Å². The maximum Gasteiger partial charge on any atom is 0.150 e. The zero-order valence-electron chi connectivity index (χ0n) is 56.9. The minimum absolute atomic E-state index is 0.545. The molecule has 15 heteroatoms. The molecular weight excluding hydrogens is 1180 g/mol.